The number of nitrogens with zero attached hydrogens (tertiary/aromatic N) is 1. The summed E-state index contributed by atoms with van der Waals surface area (Å²) in [6, 6.07) is 15.9. The Kier molecular flexibility index (Phi) is 5.93. The summed E-state index contributed by atoms with van der Waals surface area (Å²) < 4.78 is 14.6. The number of rotatable bonds is 6. The molecule has 0 aliphatic heterocycles. The Bertz CT molecular complexity index is 830. The lowest BCUT2D eigenvalue weighted by Crippen LogP contribution is -2.41. The van der Waals surface area contributed by atoms with E-state index in [4.69, 9.17) is 4.74 Å². The smallest absolute Gasteiger partial charge is 0.410 e. The molecule has 0 bridgehead atoms. The number of methoxy groups -OCH3 is 2. The van der Waals surface area contributed by atoms with Crippen molar-refractivity contribution in [3.05, 3.63) is 59.7 Å². The van der Waals surface area contributed by atoms with Gasteiger partial charge in [0.1, 0.15) is 19.7 Å². The molecule has 2 aromatic carbocycles. The minimum atomic E-state index is -0.780. The topological polar surface area (TPSA) is 82.1 Å². The summed E-state index contributed by atoms with van der Waals surface area (Å²) in [6.07, 6.45) is -0.780. The van der Waals surface area contributed by atoms with Gasteiger partial charge in [-0.1, -0.05) is 48.5 Å². The van der Waals surface area contributed by atoms with Crippen molar-refractivity contribution in [2.75, 3.05) is 33.9 Å². The summed E-state index contributed by atoms with van der Waals surface area (Å²) in [5, 5.41) is 0. The number of amides is 1. The van der Waals surface area contributed by atoms with Crippen molar-refractivity contribution in [1.29, 1.82) is 0 Å². The van der Waals surface area contributed by atoms with Crippen molar-refractivity contribution in [2.24, 2.45) is 0 Å². The largest absolute Gasteiger partial charge is 0.468 e. The molecule has 0 N–H and O–H groups in total. The standard InChI is InChI=1S/C21H21NO6/c1-26-19(23)11-22(12-20(24)27-2)21(25)28-13-18-16-9-5-3-7-14(16)15-8-4-6-10-17(15)18/h3-10,18H,11-13H2,1-2H3. The molecule has 0 heterocycles. The molecule has 0 radical (unpaired) electrons. The number of hydrogen-bond donors (Lipinski definition) is 0. The van der Waals surface area contributed by atoms with Crippen molar-refractivity contribution in [3.8, 4) is 11.1 Å². The van der Waals surface area contributed by atoms with Crippen LogP contribution in [-0.4, -0.2) is 56.8 Å². The van der Waals surface area contributed by atoms with Crippen LogP contribution in [0.5, 0.6) is 0 Å². The zero-order valence-corrected chi connectivity index (χ0v) is 15.7. The Balaban J connectivity index is 1.75. The van der Waals surface area contributed by atoms with Gasteiger partial charge >= 0.3 is 18.0 Å². The molecule has 1 aliphatic carbocycles. The first kappa shape index (κ1) is 19.4. The Morgan fingerprint density at radius 1 is 0.821 bits per heavy atom. The number of benzene rings is 2. The quantitative estimate of drug-likeness (QED) is 0.563. The van der Waals surface area contributed by atoms with Crippen molar-refractivity contribution < 1.29 is 28.6 Å². The van der Waals surface area contributed by atoms with Crippen molar-refractivity contribution in [3.63, 3.8) is 0 Å². The lowest BCUT2D eigenvalue weighted by atomic mass is 9.98. The van der Waals surface area contributed by atoms with Crippen LogP contribution in [0.25, 0.3) is 11.1 Å². The fourth-order valence-electron chi connectivity index (χ4n) is 3.31. The summed E-state index contributed by atoms with van der Waals surface area (Å²) >= 11 is 0. The molecule has 7 heteroatoms. The zero-order chi connectivity index (χ0) is 20.1. The van der Waals surface area contributed by atoms with Crippen LogP contribution in [-0.2, 0) is 23.8 Å². The molecule has 7 nitrogen and oxygen atoms in total. The van der Waals surface area contributed by atoms with E-state index in [0.717, 1.165) is 27.2 Å². The average molecular weight is 383 g/mol. The van der Waals surface area contributed by atoms with Gasteiger partial charge in [0.05, 0.1) is 14.2 Å². The maximum Gasteiger partial charge on any atom is 0.410 e. The highest BCUT2D eigenvalue weighted by molar-refractivity contribution is 5.83. The van der Waals surface area contributed by atoms with Crippen LogP contribution in [0.15, 0.2) is 48.5 Å². The molecule has 28 heavy (non-hydrogen) atoms. The molecule has 3 rings (SSSR count). The minimum absolute atomic E-state index is 0.0890. The molecule has 0 spiro atoms. The number of ether oxygens (including phenoxy) is 3. The van der Waals surface area contributed by atoms with Gasteiger partial charge in [0.25, 0.3) is 0 Å². The Morgan fingerprint density at radius 3 is 1.75 bits per heavy atom. The van der Waals surface area contributed by atoms with Gasteiger partial charge in [-0.15, -0.1) is 0 Å². The third kappa shape index (κ3) is 3.98. The van der Waals surface area contributed by atoms with Gasteiger partial charge in [0.2, 0.25) is 0 Å². The molecule has 0 aromatic heterocycles. The average Bonchev–Trinajstić information content (AvgIpc) is 3.05. The van der Waals surface area contributed by atoms with Gasteiger partial charge in [0.15, 0.2) is 0 Å². The summed E-state index contributed by atoms with van der Waals surface area (Å²) in [6.45, 7) is -0.712. The number of carbonyl (C=O) groups is 3. The van der Waals surface area contributed by atoms with Crippen molar-refractivity contribution in [2.45, 2.75) is 5.92 Å². The molecular weight excluding hydrogens is 362 g/mol. The maximum absolute atomic E-state index is 12.5. The Labute approximate surface area is 162 Å². The fraction of sp³-hybridized carbons (Fsp3) is 0.286. The van der Waals surface area contributed by atoms with Crippen LogP contribution >= 0.6 is 0 Å². The van der Waals surface area contributed by atoms with Gasteiger partial charge in [-0.2, -0.15) is 0 Å². The van der Waals surface area contributed by atoms with Gasteiger partial charge in [-0.3, -0.25) is 14.5 Å². The van der Waals surface area contributed by atoms with Gasteiger partial charge in [0, 0.05) is 5.92 Å². The molecule has 1 amide bonds. The van der Waals surface area contributed by atoms with Crippen LogP contribution in [0, 0.1) is 0 Å². The van der Waals surface area contributed by atoms with E-state index in [2.05, 4.69) is 9.47 Å². The SMILES string of the molecule is COC(=O)CN(CC(=O)OC)C(=O)OCC1c2ccccc2-c2ccccc21. The second kappa shape index (κ2) is 8.56. The molecule has 0 saturated carbocycles. The van der Waals surface area contributed by atoms with E-state index in [-0.39, 0.29) is 12.5 Å². The van der Waals surface area contributed by atoms with E-state index >= 15 is 0 Å². The molecule has 2 aromatic rings. The first-order chi connectivity index (χ1) is 13.5. The molecule has 0 saturated heterocycles. The van der Waals surface area contributed by atoms with Crippen molar-refractivity contribution in [1.82, 2.24) is 4.90 Å². The summed E-state index contributed by atoms with van der Waals surface area (Å²) in [5.74, 6) is -1.43. The van der Waals surface area contributed by atoms with E-state index in [1.807, 2.05) is 48.5 Å². The first-order valence-electron chi connectivity index (χ1n) is 8.78. The van der Waals surface area contributed by atoms with Crippen LogP contribution in [0.2, 0.25) is 0 Å². The predicted octanol–water partition coefficient (Wildman–Crippen LogP) is 2.58. The summed E-state index contributed by atoms with van der Waals surface area (Å²) in [5.41, 5.74) is 4.37. The predicted molar refractivity (Wildman–Crippen MR) is 101 cm³/mol. The van der Waals surface area contributed by atoms with Crippen LogP contribution in [0.3, 0.4) is 0 Å². The number of carbonyl (C=O) groups excluding carboxylic acids is 3. The molecule has 0 fully saturated rings. The van der Waals surface area contributed by atoms with E-state index in [1.54, 1.807) is 0 Å². The minimum Gasteiger partial charge on any atom is -0.468 e. The second-order valence-electron chi connectivity index (χ2n) is 6.31. The Morgan fingerprint density at radius 2 is 1.29 bits per heavy atom. The molecule has 0 unspecified atom stereocenters. The zero-order valence-electron chi connectivity index (χ0n) is 15.7. The highest BCUT2D eigenvalue weighted by Gasteiger charge is 2.30. The lowest BCUT2D eigenvalue weighted by molar-refractivity contribution is -0.145. The van der Waals surface area contributed by atoms with E-state index in [0.29, 0.717) is 0 Å². The van der Waals surface area contributed by atoms with Crippen LogP contribution in [0.1, 0.15) is 17.0 Å². The van der Waals surface area contributed by atoms with Gasteiger partial charge in [-0.05, 0) is 22.3 Å². The normalized spacial score (nSPS) is 11.9. The molecule has 1 aliphatic rings. The lowest BCUT2D eigenvalue weighted by Gasteiger charge is -2.21. The second-order valence-corrected chi connectivity index (χ2v) is 6.31. The van der Waals surface area contributed by atoms with Crippen molar-refractivity contribution >= 4 is 18.0 Å². The molecule has 0 atom stereocenters. The summed E-state index contributed by atoms with van der Waals surface area (Å²) in [4.78, 5) is 36.6. The third-order valence-electron chi connectivity index (χ3n) is 4.69. The van der Waals surface area contributed by atoms with Crippen LogP contribution < -0.4 is 0 Å². The first-order valence-corrected chi connectivity index (χ1v) is 8.78. The van der Waals surface area contributed by atoms with Crippen LogP contribution in [0.4, 0.5) is 4.79 Å². The maximum atomic E-state index is 12.5. The third-order valence-corrected chi connectivity index (χ3v) is 4.69. The Hall–Kier alpha value is -3.35. The fourth-order valence-corrected chi connectivity index (χ4v) is 3.31. The monoisotopic (exact) mass is 383 g/mol. The van der Waals surface area contributed by atoms with E-state index < -0.39 is 31.1 Å². The molecular formula is C21H21NO6. The molecule has 146 valence electrons. The number of fused-ring (bicyclic) bond motifs is 3. The van der Waals surface area contributed by atoms with E-state index in [1.165, 1.54) is 14.2 Å². The van der Waals surface area contributed by atoms with E-state index in [9.17, 15) is 14.4 Å². The number of hydrogen-bond acceptors (Lipinski definition) is 6. The summed E-state index contributed by atoms with van der Waals surface area (Å²) in [7, 11) is 2.41. The number of esters is 2. The highest BCUT2D eigenvalue weighted by Crippen LogP contribution is 2.44. The highest BCUT2D eigenvalue weighted by atomic mass is 16.6. The van der Waals surface area contributed by atoms with Gasteiger partial charge < -0.3 is 14.2 Å². The van der Waals surface area contributed by atoms with Gasteiger partial charge in [-0.25, -0.2) is 4.79 Å².